The Morgan fingerprint density at radius 3 is 2.96 bits per heavy atom. The lowest BCUT2D eigenvalue weighted by atomic mass is 9.99. The highest BCUT2D eigenvalue weighted by Gasteiger charge is 2.26. The molecule has 0 unspecified atom stereocenters. The van der Waals surface area contributed by atoms with Gasteiger partial charge in [-0.1, -0.05) is 23.8 Å². The van der Waals surface area contributed by atoms with E-state index in [1.165, 1.54) is 16.2 Å². The first kappa shape index (κ1) is 14.6. The van der Waals surface area contributed by atoms with Gasteiger partial charge in [-0.2, -0.15) is 0 Å². The molecule has 0 saturated carbocycles. The zero-order valence-electron chi connectivity index (χ0n) is 13.4. The Balaban J connectivity index is 1.81. The molecule has 0 saturated heterocycles. The summed E-state index contributed by atoms with van der Waals surface area (Å²) in [7, 11) is 0. The molecular weight excluding hydrogens is 302 g/mol. The number of aromatic nitrogens is 2. The third kappa shape index (κ3) is 2.29. The van der Waals surface area contributed by atoms with Crippen LogP contribution in [0.15, 0.2) is 53.6 Å². The van der Waals surface area contributed by atoms with Gasteiger partial charge in [-0.3, -0.25) is 14.0 Å². The fraction of sp³-hybridized carbons (Fsp3) is 0.211. The predicted molar refractivity (Wildman–Crippen MR) is 92.6 cm³/mol. The van der Waals surface area contributed by atoms with Gasteiger partial charge >= 0.3 is 0 Å². The molecular formula is C19H17N3O2. The summed E-state index contributed by atoms with van der Waals surface area (Å²) in [6, 6.07) is 11.4. The number of carbonyl (C=O) groups excluding carboxylic acids is 1. The molecule has 1 aromatic carbocycles. The molecule has 120 valence electrons. The van der Waals surface area contributed by atoms with Gasteiger partial charge in [0.15, 0.2) is 0 Å². The number of amides is 1. The summed E-state index contributed by atoms with van der Waals surface area (Å²) in [4.78, 5) is 31.6. The van der Waals surface area contributed by atoms with Crippen LogP contribution in [-0.2, 0) is 6.42 Å². The number of carbonyl (C=O) groups is 1. The number of rotatable bonds is 1. The molecule has 3 aromatic rings. The van der Waals surface area contributed by atoms with Crippen molar-refractivity contribution in [3.05, 3.63) is 75.8 Å². The highest BCUT2D eigenvalue weighted by molar-refractivity contribution is 6.06. The molecule has 1 amide bonds. The number of fused-ring (bicyclic) bond motifs is 2. The maximum Gasteiger partial charge on any atom is 0.270 e. The molecule has 2 aromatic heterocycles. The second-order valence-electron chi connectivity index (χ2n) is 6.10. The van der Waals surface area contributed by atoms with Gasteiger partial charge in [-0.15, -0.1) is 0 Å². The van der Waals surface area contributed by atoms with Crippen LogP contribution >= 0.6 is 0 Å². The van der Waals surface area contributed by atoms with Gasteiger partial charge in [0.25, 0.3) is 11.5 Å². The minimum absolute atomic E-state index is 0.104. The topological polar surface area (TPSA) is 54.7 Å². The Morgan fingerprint density at radius 1 is 1.21 bits per heavy atom. The highest BCUT2D eigenvalue weighted by atomic mass is 16.2. The number of pyridine rings is 1. The van der Waals surface area contributed by atoms with Crippen LogP contribution in [0.2, 0.25) is 0 Å². The van der Waals surface area contributed by atoms with E-state index in [0.29, 0.717) is 12.2 Å². The average Bonchev–Trinajstić information content (AvgIpc) is 2.61. The van der Waals surface area contributed by atoms with E-state index in [1.54, 1.807) is 23.2 Å². The fourth-order valence-corrected chi connectivity index (χ4v) is 3.26. The van der Waals surface area contributed by atoms with Crippen molar-refractivity contribution in [1.29, 1.82) is 0 Å². The predicted octanol–water partition coefficient (Wildman–Crippen LogP) is 2.60. The number of hydrogen-bond donors (Lipinski definition) is 0. The fourth-order valence-electron chi connectivity index (χ4n) is 3.26. The molecule has 1 aliphatic heterocycles. The smallest absolute Gasteiger partial charge is 0.270 e. The summed E-state index contributed by atoms with van der Waals surface area (Å²) in [6.07, 6.45) is 4.87. The van der Waals surface area contributed by atoms with E-state index in [1.807, 2.05) is 25.1 Å². The van der Waals surface area contributed by atoms with Crippen LogP contribution < -0.4 is 10.5 Å². The van der Waals surface area contributed by atoms with E-state index in [0.717, 1.165) is 24.1 Å². The van der Waals surface area contributed by atoms with Gasteiger partial charge in [0, 0.05) is 24.6 Å². The van der Waals surface area contributed by atoms with E-state index >= 15 is 0 Å². The maximum absolute atomic E-state index is 13.0. The first-order chi connectivity index (χ1) is 11.6. The van der Waals surface area contributed by atoms with E-state index in [2.05, 4.69) is 11.1 Å². The van der Waals surface area contributed by atoms with E-state index < -0.39 is 0 Å². The first-order valence-corrected chi connectivity index (χ1v) is 8.03. The van der Waals surface area contributed by atoms with Crippen molar-refractivity contribution < 1.29 is 4.79 Å². The van der Waals surface area contributed by atoms with Gasteiger partial charge in [0.05, 0.1) is 0 Å². The third-order valence-electron chi connectivity index (χ3n) is 4.44. The van der Waals surface area contributed by atoms with Crippen LogP contribution in [0.5, 0.6) is 0 Å². The summed E-state index contributed by atoms with van der Waals surface area (Å²) < 4.78 is 1.41. The second kappa shape index (κ2) is 5.60. The summed E-state index contributed by atoms with van der Waals surface area (Å²) in [6.45, 7) is 2.66. The lowest BCUT2D eigenvalue weighted by Crippen LogP contribution is -2.39. The van der Waals surface area contributed by atoms with Gasteiger partial charge in [0.2, 0.25) is 0 Å². The monoisotopic (exact) mass is 319 g/mol. The molecule has 0 fully saturated rings. The number of anilines is 1. The molecule has 0 spiro atoms. The van der Waals surface area contributed by atoms with Crippen LogP contribution in [-0.4, -0.2) is 21.8 Å². The second-order valence-corrected chi connectivity index (χ2v) is 6.10. The van der Waals surface area contributed by atoms with E-state index in [9.17, 15) is 9.59 Å². The van der Waals surface area contributed by atoms with Crippen molar-refractivity contribution in [2.24, 2.45) is 0 Å². The van der Waals surface area contributed by atoms with E-state index in [4.69, 9.17) is 0 Å². The van der Waals surface area contributed by atoms with Crippen molar-refractivity contribution in [2.75, 3.05) is 11.4 Å². The molecule has 0 radical (unpaired) electrons. The van der Waals surface area contributed by atoms with Crippen molar-refractivity contribution in [3.8, 4) is 0 Å². The Morgan fingerprint density at radius 2 is 2.08 bits per heavy atom. The maximum atomic E-state index is 13.0. The molecule has 0 aliphatic carbocycles. The lowest BCUT2D eigenvalue weighted by Gasteiger charge is -2.29. The Kier molecular flexibility index (Phi) is 3.41. The zero-order valence-corrected chi connectivity index (χ0v) is 13.4. The normalized spacial score (nSPS) is 13.8. The molecule has 0 bridgehead atoms. The van der Waals surface area contributed by atoms with Crippen LogP contribution in [0.25, 0.3) is 5.65 Å². The lowest BCUT2D eigenvalue weighted by molar-refractivity contribution is 0.0983. The summed E-state index contributed by atoms with van der Waals surface area (Å²) in [5.74, 6) is -0.282. The molecule has 5 heteroatoms. The highest BCUT2D eigenvalue weighted by Crippen LogP contribution is 2.28. The quantitative estimate of drug-likeness (QED) is 0.693. The van der Waals surface area contributed by atoms with Gasteiger partial charge < -0.3 is 4.90 Å². The molecule has 4 rings (SSSR count). The Labute approximate surface area is 139 Å². The van der Waals surface area contributed by atoms with Crippen LogP contribution in [0, 0.1) is 6.92 Å². The van der Waals surface area contributed by atoms with Crippen molar-refractivity contribution >= 4 is 17.2 Å². The molecule has 1 aliphatic rings. The van der Waals surface area contributed by atoms with Crippen molar-refractivity contribution in [1.82, 2.24) is 9.38 Å². The number of aryl methyl sites for hydroxylation is 2. The van der Waals surface area contributed by atoms with Gasteiger partial charge in [0.1, 0.15) is 11.2 Å². The minimum Gasteiger partial charge on any atom is -0.308 e. The van der Waals surface area contributed by atoms with Gasteiger partial charge in [-0.25, -0.2) is 4.98 Å². The molecule has 5 nitrogen and oxygen atoms in total. The largest absolute Gasteiger partial charge is 0.308 e. The standard InChI is InChI=1S/C19H17N3O2/c1-13-7-8-16-14(11-13)5-4-10-21(16)18(23)15-12-20-17-6-2-3-9-22(17)19(15)24/h2-3,6-9,11-12H,4-5,10H2,1H3. The summed E-state index contributed by atoms with van der Waals surface area (Å²) in [5.41, 5.74) is 3.54. The van der Waals surface area contributed by atoms with E-state index in [-0.39, 0.29) is 17.0 Å². The Hall–Kier alpha value is -2.95. The third-order valence-corrected chi connectivity index (χ3v) is 4.44. The number of nitrogens with zero attached hydrogens (tertiary/aromatic N) is 3. The first-order valence-electron chi connectivity index (χ1n) is 8.03. The minimum atomic E-state index is -0.329. The van der Waals surface area contributed by atoms with Crippen LogP contribution in [0.3, 0.4) is 0 Å². The molecule has 24 heavy (non-hydrogen) atoms. The molecule has 0 N–H and O–H groups in total. The number of benzene rings is 1. The molecule has 3 heterocycles. The van der Waals surface area contributed by atoms with Crippen molar-refractivity contribution in [2.45, 2.75) is 19.8 Å². The number of hydrogen-bond acceptors (Lipinski definition) is 3. The molecule has 0 atom stereocenters. The zero-order chi connectivity index (χ0) is 16.7. The van der Waals surface area contributed by atoms with Crippen LogP contribution in [0.1, 0.15) is 27.9 Å². The Bertz CT molecular complexity index is 1010. The van der Waals surface area contributed by atoms with Crippen LogP contribution in [0.4, 0.5) is 5.69 Å². The summed E-state index contributed by atoms with van der Waals surface area (Å²) in [5, 5.41) is 0. The van der Waals surface area contributed by atoms with Gasteiger partial charge in [-0.05, 0) is 43.5 Å². The average molecular weight is 319 g/mol. The summed E-state index contributed by atoms with van der Waals surface area (Å²) >= 11 is 0. The van der Waals surface area contributed by atoms with Crippen molar-refractivity contribution in [3.63, 3.8) is 0 Å². The SMILES string of the molecule is Cc1ccc2c(c1)CCCN2C(=O)c1cnc2ccccn2c1=O.